The molecular formula is C52H32N4O. The number of nitrogens with zero attached hydrogens (tertiary/aromatic N) is 4. The number of rotatable bonds is 5. The third-order valence-corrected chi connectivity index (χ3v) is 11.3. The lowest BCUT2D eigenvalue weighted by Crippen LogP contribution is -1.98. The fourth-order valence-corrected chi connectivity index (χ4v) is 8.78. The minimum atomic E-state index is 0.649. The van der Waals surface area contributed by atoms with E-state index in [1.165, 1.54) is 27.1 Å². The molecule has 0 saturated heterocycles. The van der Waals surface area contributed by atoms with Gasteiger partial charge < -0.3 is 13.6 Å². The van der Waals surface area contributed by atoms with Crippen LogP contribution < -0.4 is 0 Å². The van der Waals surface area contributed by atoms with Gasteiger partial charge in [0.25, 0.3) is 0 Å². The first kappa shape index (κ1) is 31.6. The highest BCUT2D eigenvalue weighted by molar-refractivity contribution is 6.24. The van der Waals surface area contributed by atoms with Crippen LogP contribution in [0.25, 0.3) is 111 Å². The average Bonchev–Trinajstić information content (AvgIpc) is 3.95. The number of para-hydroxylation sites is 4. The van der Waals surface area contributed by atoms with Crippen molar-refractivity contribution in [3.63, 3.8) is 0 Å². The van der Waals surface area contributed by atoms with Crippen LogP contribution in [0.5, 0.6) is 0 Å². The van der Waals surface area contributed by atoms with E-state index in [1.807, 2.05) is 36.4 Å². The normalized spacial score (nSPS) is 11.9. The monoisotopic (exact) mass is 728 g/mol. The molecule has 12 aromatic rings. The molecule has 0 amide bonds. The second kappa shape index (κ2) is 12.4. The molecule has 0 saturated carbocycles. The third-order valence-electron chi connectivity index (χ3n) is 11.3. The van der Waals surface area contributed by atoms with Crippen LogP contribution in [0.1, 0.15) is 0 Å². The molecule has 0 aliphatic heterocycles. The quantitative estimate of drug-likeness (QED) is 0.177. The third kappa shape index (κ3) is 4.82. The summed E-state index contributed by atoms with van der Waals surface area (Å²) in [6, 6.07) is 68.2. The second-order valence-electron chi connectivity index (χ2n) is 14.6. The molecule has 0 bridgehead atoms. The SMILES string of the molecule is c1ccc(-c2cc(-c3ccccc3)nc(-c3ccc4c(c3)oc3c(-n5c6ccccc6c6ccc7c8ccccc8n(-c8ccccc8)c7c65)cccc34)n2)cc1. The first-order valence-electron chi connectivity index (χ1n) is 19.3. The molecule has 0 aliphatic carbocycles. The highest BCUT2D eigenvalue weighted by Crippen LogP contribution is 2.44. The van der Waals surface area contributed by atoms with Gasteiger partial charge in [0, 0.05) is 54.7 Å². The first-order valence-corrected chi connectivity index (χ1v) is 19.3. The van der Waals surface area contributed by atoms with Crippen LogP contribution in [0.3, 0.4) is 0 Å². The van der Waals surface area contributed by atoms with Crippen molar-refractivity contribution in [1.82, 2.24) is 19.1 Å². The van der Waals surface area contributed by atoms with E-state index in [-0.39, 0.29) is 0 Å². The van der Waals surface area contributed by atoms with Gasteiger partial charge in [0.2, 0.25) is 0 Å². The van der Waals surface area contributed by atoms with Crippen LogP contribution in [-0.4, -0.2) is 19.1 Å². The predicted octanol–water partition coefficient (Wildman–Crippen LogP) is 13.6. The highest BCUT2D eigenvalue weighted by atomic mass is 16.3. The van der Waals surface area contributed by atoms with Crippen LogP contribution in [0.4, 0.5) is 0 Å². The molecule has 4 aromatic heterocycles. The molecule has 0 unspecified atom stereocenters. The van der Waals surface area contributed by atoms with E-state index in [0.717, 1.165) is 77.9 Å². The van der Waals surface area contributed by atoms with Crippen molar-refractivity contribution in [1.29, 1.82) is 0 Å². The van der Waals surface area contributed by atoms with Crippen molar-refractivity contribution < 1.29 is 4.42 Å². The summed E-state index contributed by atoms with van der Waals surface area (Å²) in [6.07, 6.45) is 0. The van der Waals surface area contributed by atoms with Crippen molar-refractivity contribution in [2.24, 2.45) is 0 Å². The van der Waals surface area contributed by atoms with Crippen LogP contribution in [-0.2, 0) is 0 Å². The number of aromatic nitrogens is 4. The van der Waals surface area contributed by atoms with Crippen LogP contribution in [0.2, 0.25) is 0 Å². The Morgan fingerprint density at radius 2 is 0.895 bits per heavy atom. The summed E-state index contributed by atoms with van der Waals surface area (Å²) >= 11 is 0. The number of hydrogen-bond donors (Lipinski definition) is 0. The number of hydrogen-bond acceptors (Lipinski definition) is 3. The lowest BCUT2D eigenvalue weighted by atomic mass is 10.1. The lowest BCUT2D eigenvalue weighted by molar-refractivity contribution is 0.666. The maximum absolute atomic E-state index is 7.00. The summed E-state index contributed by atoms with van der Waals surface area (Å²) in [4.78, 5) is 10.2. The van der Waals surface area contributed by atoms with Gasteiger partial charge in [0.05, 0.1) is 39.1 Å². The summed E-state index contributed by atoms with van der Waals surface area (Å²) in [6.45, 7) is 0. The molecule has 4 heterocycles. The molecule has 266 valence electrons. The molecule has 5 heteroatoms. The van der Waals surface area contributed by atoms with Crippen molar-refractivity contribution in [2.45, 2.75) is 0 Å². The molecule has 0 spiro atoms. The molecule has 0 aliphatic rings. The summed E-state index contributed by atoms with van der Waals surface area (Å²) in [5.74, 6) is 0.649. The summed E-state index contributed by atoms with van der Waals surface area (Å²) in [7, 11) is 0. The predicted molar refractivity (Wildman–Crippen MR) is 234 cm³/mol. The Hall–Kier alpha value is -7.76. The van der Waals surface area contributed by atoms with Gasteiger partial charge >= 0.3 is 0 Å². The van der Waals surface area contributed by atoms with Crippen LogP contribution in [0.15, 0.2) is 199 Å². The van der Waals surface area contributed by atoms with Gasteiger partial charge in [-0.3, -0.25) is 0 Å². The minimum absolute atomic E-state index is 0.649. The van der Waals surface area contributed by atoms with E-state index in [0.29, 0.717) is 5.82 Å². The van der Waals surface area contributed by atoms with Gasteiger partial charge in [-0.2, -0.15) is 0 Å². The highest BCUT2D eigenvalue weighted by Gasteiger charge is 2.23. The number of fused-ring (bicyclic) bond motifs is 10. The Morgan fingerprint density at radius 3 is 1.54 bits per heavy atom. The zero-order valence-corrected chi connectivity index (χ0v) is 30.7. The first-order chi connectivity index (χ1) is 28.3. The largest absolute Gasteiger partial charge is 0.454 e. The van der Waals surface area contributed by atoms with E-state index in [1.54, 1.807) is 0 Å². The van der Waals surface area contributed by atoms with Crippen molar-refractivity contribution >= 4 is 65.6 Å². The van der Waals surface area contributed by atoms with Gasteiger partial charge in [-0.15, -0.1) is 0 Å². The maximum Gasteiger partial charge on any atom is 0.160 e. The number of benzene rings is 8. The molecule has 0 radical (unpaired) electrons. The standard InChI is InChI=1S/C52H32N4O/c1-4-15-33(16-5-1)43-32-44(34-17-6-2-7-18-34)54-52(53-43)35-27-28-39-42-23-14-26-47(51(42)57-48(39)31-35)56-46-25-13-11-22-38(46)41-30-29-40-37-21-10-12-24-45(37)55(49(40)50(41)56)36-19-8-3-9-20-36/h1-32H. The van der Waals surface area contributed by atoms with Gasteiger partial charge in [0.1, 0.15) is 5.58 Å². The molecule has 57 heavy (non-hydrogen) atoms. The molecule has 12 rings (SSSR count). The number of furan rings is 1. The molecule has 8 aromatic carbocycles. The van der Waals surface area contributed by atoms with Gasteiger partial charge in [-0.1, -0.05) is 146 Å². The maximum atomic E-state index is 7.00. The zero-order chi connectivity index (χ0) is 37.5. The van der Waals surface area contributed by atoms with Crippen molar-refractivity contribution in [3.8, 4) is 45.3 Å². The Kier molecular flexibility index (Phi) is 6.86. The summed E-state index contributed by atoms with van der Waals surface area (Å²) < 4.78 is 11.8. The van der Waals surface area contributed by atoms with E-state index >= 15 is 0 Å². The van der Waals surface area contributed by atoms with E-state index < -0.39 is 0 Å². The Bertz CT molecular complexity index is 3450. The topological polar surface area (TPSA) is 48.8 Å². The fraction of sp³-hybridized carbons (Fsp3) is 0. The minimum Gasteiger partial charge on any atom is -0.454 e. The summed E-state index contributed by atoms with van der Waals surface area (Å²) in [5, 5.41) is 6.91. The Labute approximate surface area is 327 Å². The molecular weight excluding hydrogens is 697 g/mol. The zero-order valence-electron chi connectivity index (χ0n) is 30.7. The van der Waals surface area contributed by atoms with Crippen LogP contribution >= 0.6 is 0 Å². The van der Waals surface area contributed by atoms with Gasteiger partial charge in [-0.05, 0) is 48.5 Å². The second-order valence-corrected chi connectivity index (χ2v) is 14.6. The lowest BCUT2D eigenvalue weighted by Gasteiger charge is -2.12. The molecule has 5 nitrogen and oxygen atoms in total. The Balaban J connectivity index is 1.12. The summed E-state index contributed by atoms with van der Waals surface area (Å²) in [5.41, 5.74) is 13.0. The smallest absolute Gasteiger partial charge is 0.160 e. The fourth-order valence-electron chi connectivity index (χ4n) is 8.78. The van der Waals surface area contributed by atoms with E-state index in [2.05, 4.69) is 167 Å². The molecule has 0 N–H and O–H groups in total. The van der Waals surface area contributed by atoms with E-state index in [4.69, 9.17) is 14.4 Å². The van der Waals surface area contributed by atoms with E-state index in [9.17, 15) is 0 Å². The van der Waals surface area contributed by atoms with Gasteiger partial charge in [-0.25, -0.2) is 9.97 Å². The van der Waals surface area contributed by atoms with Crippen LogP contribution in [0, 0.1) is 0 Å². The molecule has 0 fully saturated rings. The van der Waals surface area contributed by atoms with Gasteiger partial charge in [0.15, 0.2) is 11.4 Å². The average molecular weight is 729 g/mol. The van der Waals surface area contributed by atoms with Crippen molar-refractivity contribution in [2.75, 3.05) is 0 Å². The van der Waals surface area contributed by atoms with Crippen molar-refractivity contribution in [3.05, 3.63) is 194 Å². The Morgan fingerprint density at radius 1 is 0.368 bits per heavy atom. The molecule has 0 atom stereocenters.